The first kappa shape index (κ1) is 14.0. The molecule has 0 aliphatic heterocycles. The van der Waals surface area contributed by atoms with Crippen molar-refractivity contribution in [2.45, 2.75) is 11.2 Å². The molecule has 0 heterocycles. The molecule has 0 spiro atoms. The Balaban J connectivity index is 2.18. The van der Waals surface area contributed by atoms with Gasteiger partial charge in [0.25, 0.3) is 0 Å². The van der Waals surface area contributed by atoms with E-state index < -0.39 is 11.6 Å². The summed E-state index contributed by atoms with van der Waals surface area (Å²) in [4.78, 5) is -0.148. The van der Waals surface area contributed by atoms with Crippen molar-refractivity contribution in [3.8, 4) is 5.75 Å². The highest BCUT2D eigenvalue weighted by molar-refractivity contribution is 9.09. The fourth-order valence-electron chi connectivity index (χ4n) is 1.84. The summed E-state index contributed by atoms with van der Waals surface area (Å²) >= 11 is 3.46. The van der Waals surface area contributed by atoms with Crippen LogP contribution in [-0.2, 0) is 6.42 Å². The van der Waals surface area contributed by atoms with Crippen molar-refractivity contribution in [2.24, 2.45) is 0 Å². The van der Waals surface area contributed by atoms with Gasteiger partial charge < -0.3 is 4.74 Å². The van der Waals surface area contributed by atoms with Crippen LogP contribution in [0.25, 0.3) is 0 Å². The molecular formula is C15H13BrF2O. The standard InChI is InChI=1S/C15H13BrF2O/c1-19-11-7-5-10(6-8-11)13(16)9-12-14(17)3-2-4-15(12)18/h2-8,13H,9H2,1H3. The first-order valence-electron chi connectivity index (χ1n) is 5.82. The van der Waals surface area contributed by atoms with Crippen LogP contribution in [0.4, 0.5) is 8.78 Å². The molecule has 2 aromatic rings. The second-order valence-corrected chi connectivity index (χ2v) is 5.25. The zero-order valence-electron chi connectivity index (χ0n) is 10.4. The van der Waals surface area contributed by atoms with Gasteiger partial charge in [0.1, 0.15) is 17.4 Å². The van der Waals surface area contributed by atoms with Crippen molar-refractivity contribution in [1.82, 2.24) is 0 Å². The van der Waals surface area contributed by atoms with Crippen molar-refractivity contribution in [2.75, 3.05) is 7.11 Å². The highest BCUT2D eigenvalue weighted by Gasteiger charge is 2.15. The summed E-state index contributed by atoms with van der Waals surface area (Å²) in [6.07, 6.45) is 0.255. The van der Waals surface area contributed by atoms with Crippen LogP contribution in [0.15, 0.2) is 42.5 Å². The zero-order chi connectivity index (χ0) is 13.8. The quantitative estimate of drug-likeness (QED) is 0.743. The third kappa shape index (κ3) is 3.32. The maximum atomic E-state index is 13.6. The highest BCUT2D eigenvalue weighted by atomic mass is 79.9. The Morgan fingerprint density at radius 3 is 2.16 bits per heavy atom. The van der Waals surface area contributed by atoms with Crippen molar-refractivity contribution >= 4 is 15.9 Å². The Morgan fingerprint density at radius 2 is 1.63 bits per heavy atom. The number of benzene rings is 2. The van der Waals surface area contributed by atoms with Crippen LogP contribution in [-0.4, -0.2) is 7.11 Å². The molecule has 0 radical (unpaired) electrons. The summed E-state index contributed by atoms with van der Waals surface area (Å²) in [5, 5.41) is 0. The van der Waals surface area contributed by atoms with Gasteiger partial charge in [-0.2, -0.15) is 0 Å². The van der Waals surface area contributed by atoms with E-state index in [0.29, 0.717) is 0 Å². The molecule has 0 aromatic heterocycles. The predicted octanol–water partition coefficient (Wildman–Crippen LogP) is 4.65. The number of hydrogen-bond donors (Lipinski definition) is 0. The lowest BCUT2D eigenvalue weighted by Gasteiger charge is -2.12. The lowest BCUT2D eigenvalue weighted by molar-refractivity contribution is 0.414. The topological polar surface area (TPSA) is 9.23 Å². The molecular weight excluding hydrogens is 314 g/mol. The Bertz CT molecular complexity index is 534. The largest absolute Gasteiger partial charge is 0.497 e. The number of rotatable bonds is 4. The number of alkyl halides is 1. The van der Waals surface area contributed by atoms with Crippen molar-refractivity contribution in [1.29, 1.82) is 0 Å². The van der Waals surface area contributed by atoms with Crippen LogP contribution in [0, 0.1) is 11.6 Å². The molecule has 19 heavy (non-hydrogen) atoms. The average molecular weight is 327 g/mol. The van der Waals surface area contributed by atoms with E-state index in [0.717, 1.165) is 11.3 Å². The molecule has 0 fully saturated rings. The molecule has 1 nitrogen and oxygen atoms in total. The molecule has 1 atom stereocenters. The number of ether oxygens (including phenoxy) is 1. The van der Waals surface area contributed by atoms with E-state index in [2.05, 4.69) is 15.9 Å². The van der Waals surface area contributed by atoms with Gasteiger partial charge in [-0.25, -0.2) is 8.78 Å². The Morgan fingerprint density at radius 1 is 1.05 bits per heavy atom. The van der Waals surface area contributed by atoms with E-state index in [4.69, 9.17) is 4.74 Å². The SMILES string of the molecule is COc1ccc(C(Br)Cc2c(F)cccc2F)cc1. The maximum absolute atomic E-state index is 13.6. The second-order valence-electron chi connectivity index (χ2n) is 4.15. The Kier molecular flexibility index (Phi) is 4.53. The predicted molar refractivity (Wildman–Crippen MR) is 74.7 cm³/mol. The minimum atomic E-state index is -0.516. The Labute approximate surface area is 119 Å². The summed E-state index contributed by atoms with van der Waals surface area (Å²) in [5.41, 5.74) is 1.05. The molecule has 0 aliphatic carbocycles. The monoisotopic (exact) mass is 326 g/mol. The molecule has 2 rings (SSSR count). The second kappa shape index (κ2) is 6.15. The lowest BCUT2D eigenvalue weighted by atomic mass is 10.0. The first-order valence-corrected chi connectivity index (χ1v) is 6.74. The maximum Gasteiger partial charge on any atom is 0.129 e. The molecule has 0 N–H and O–H groups in total. The van der Waals surface area contributed by atoms with Crippen molar-refractivity contribution in [3.63, 3.8) is 0 Å². The van der Waals surface area contributed by atoms with Crippen molar-refractivity contribution in [3.05, 3.63) is 65.2 Å². The normalized spacial score (nSPS) is 12.2. The van der Waals surface area contributed by atoms with E-state index >= 15 is 0 Å². The van der Waals surface area contributed by atoms with Gasteiger partial charge in [-0.3, -0.25) is 0 Å². The smallest absolute Gasteiger partial charge is 0.129 e. The highest BCUT2D eigenvalue weighted by Crippen LogP contribution is 2.30. The summed E-state index contributed by atoms with van der Waals surface area (Å²) in [7, 11) is 1.59. The number of hydrogen-bond acceptors (Lipinski definition) is 1. The third-order valence-electron chi connectivity index (χ3n) is 2.92. The number of halogens is 3. The van der Waals surface area contributed by atoms with Gasteiger partial charge in [-0.15, -0.1) is 0 Å². The van der Waals surface area contributed by atoms with E-state index in [9.17, 15) is 8.78 Å². The summed E-state index contributed by atoms with van der Waals surface area (Å²) in [6, 6.07) is 11.3. The van der Waals surface area contributed by atoms with E-state index in [1.807, 2.05) is 24.3 Å². The van der Waals surface area contributed by atoms with E-state index in [1.54, 1.807) is 7.11 Å². The van der Waals surface area contributed by atoms with Gasteiger partial charge in [-0.1, -0.05) is 34.1 Å². The van der Waals surface area contributed by atoms with Gasteiger partial charge in [0.15, 0.2) is 0 Å². The molecule has 2 aromatic carbocycles. The molecule has 100 valence electrons. The molecule has 4 heteroatoms. The fraction of sp³-hybridized carbons (Fsp3) is 0.200. The van der Waals surface area contributed by atoms with Gasteiger partial charge in [-0.05, 0) is 36.2 Å². The minimum absolute atomic E-state index is 0.0974. The lowest BCUT2D eigenvalue weighted by Crippen LogP contribution is -2.01. The van der Waals surface area contributed by atoms with Gasteiger partial charge >= 0.3 is 0 Å². The van der Waals surface area contributed by atoms with Gasteiger partial charge in [0.05, 0.1) is 7.11 Å². The van der Waals surface area contributed by atoms with Gasteiger partial charge in [0.2, 0.25) is 0 Å². The van der Waals surface area contributed by atoms with Crippen molar-refractivity contribution < 1.29 is 13.5 Å². The van der Waals surface area contributed by atoms with Crippen LogP contribution in [0.5, 0.6) is 5.75 Å². The number of methoxy groups -OCH3 is 1. The summed E-state index contributed by atoms with van der Waals surface area (Å²) in [6.45, 7) is 0. The molecule has 0 saturated carbocycles. The van der Waals surface area contributed by atoms with Gasteiger partial charge in [0, 0.05) is 10.4 Å². The molecule has 0 aliphatic rings. The van der Waals surface area contributed by atoms with E-state index in [1.165, 1.54) is 18.2 Å². The Hall–Kier alpha value is -1.42. The van der Waals surface area contributed by atoms with E-state index in [-0.39, 0.29) is 16.8 Å². The zero-order valence-corrected chi connectivity index (χ0v) is 12.0. The fourth-order valence-corrected chi connectivity index (χ4v) is 2.47. The first-order chi connectivity index (χ1) is 9.11. The summed E-state index contributed by atoms with van der Waals surface area (Å²) < 4.78 is 32.2. The molecule has 0 bridgehead atoms. The van der Waals surface area contributed by atoms with Crippen LogP contribution in [0.2, 0.25) is 0 Å². The van der Waals surface area contributed by atoms with Crippen LogP contribution in [0.3, 0.4) is 0 Å². The average Bonchev–Trinajstić information content (AvgIpc) is 2.43. The molecule has 1 unspecified atom stereocenters. The van der Waals surface area contributed by atoms with Crippen LogP contribution < -0.4 is 4.74 Å². The minimum Gasteiger partial charge on any atom is -0.497 e. The molecule has 0 saturated heterocycles. The van der Waals surface area contributed by atoms with Crippen LogP contribution >= 0.6 is 15.9 Å². The third-order valence-corrected chi connectivity index (χ3v) is 3.77. The molecule has 0 amide bonds. The summed E-state index contributed by atoms with van der Waals surface area (Å²) in [5.74, 6) is -0.281. The van der Waals surface area contributed by atoms with Crippen LogP contribution in [0.1, 0.15) is 16.0 Å².